The van der Waals surface area contributed by atoms with Crippen molar-refractivity contribution in [1.29, 1.82) is 0 Å². The molecular formula is C28H44F3N3O4. The molecule has 216 valence electrons. The van der Waals surface area contributed by atoms with Crippen LogP contribution >= 0.6 is 0 Å². The Morgan fingerprint density at radius 3 is 2.53 bits per heavy atom. The summed E-state index contributed by atoms with van der Waals surface area (Å²) in [5.41, 5.74) is 7.52. The van der Waals surface area contributed by atoms with Gasteiger partial charge in [-0.1, -0.05) is 49.8 Å². The molecule has 1 saturated carbocycles. The summed E-state index contributed by atoms with van der Waals surface area (Å²) in [6.07, 6.45) is 9.82. The number of nitrogens with zero attached hydrogens (tertiary/aromatic N) is 2. The van der Waals surface area contributed by atoms with Gasteiger partial charge in [0.25, 0.3) is 5.88 Å². The number of ether oxygens (including phenoxy) is 2. The molecule has 1 aliphatic heterocycles. The lowest BCUT2D eigenvalue weighted by atomic mass is 9.87. The third-order valence-electron chi connectivity index (χ3n) is 6.52. The van der Waals surface area contributed by atoms with E-state index in [9.17, 15) is 18.0 Å². The lowest BCUT2D eigenvalue weighted by Crippen LogP contribution is -2.28. The van der Waals surface area contributed by atoms with Crippen molar-refractivity contribution in [3.63, 3.8) is 0 Å². The number of alkyl halides is 3. The molecule has 0 radical (unpaired) electrons. The topological polar surface area (TPSA) is 90.8 Å². The Morgan fingerprint density at radius 2 is 1.92 bits per heavy atom. The molecule has 38 heavy (non-hydrogen) atoms. The van der Waals surface area contributed by atoms with Gasteiger partial charge in [-0.05, 0) is 49.4 Å². The highest BCUT2D eigenvalue weighted by Crippen LogP contribution is 2.27. The van der Waals surface area contributed by atoms with Crippen LogP contribution in [0.3, 0.4) is 0 Å². The summed E-state index contributed by atoms with van der Waals surface area (Å²) in [6.45, 7) is 10.3. The van der Waals surface area contributed by atoms with Gasteiger partial charge in [0.05, 0.1) is 20.1 Å². The fraction of sp³-hybridized carbons (Fsp3) is 0.643. The van der Waals surface area contributed by atoms with E-state index < -0.39 is 18.7 Å². The number of hydrogen-bond donors (Lipinski definition) is 1. The van der Waals surface area contributed by atoms with Gasteiger partial charge in [-0.25, -0.2) is 0 Å². The lowest BCUT2D eigenvalue weighted by molar-refractivity contribution is -0.171. The summed E-state index contributed by atoms with van der Waals surface area (Å²) >= 11 is 0. The van der Waals surface area contributed by atoms with Gasteiger partial charge in [0, 0.05) is 19.2 Å². The Labute approximate surface area is 224 Å². The fourth-order valence-corrected chi connectivity index (χ4v) is 4.46. The van der Waals surface area contributed by atoms with Crippen LogP contribution in [0, 0.1) is 5.92 Å². The summed E-state index contributed by atoms with van der Waals surface area (Å²) in [4.78, 5) is 12.9. The van der Waals surface area contributed by atoms with E-state index in [-0.39, 0.29) is 13.0 Å². The predicted octanol–water partition coefficient (Wildman–Crippen LogP) is 6.02. The Bertz CT molecular complexity index is 862. The number of primary amides is 1. The number of aromatic nitrogens is 1. The van der Waals surface area contributed by atoms with Gasteiger partial charge in [-0.15, -0.1) is 13.2 Å². The van der Waals surface area contributed by atoms with Crippen molar-refractivity contribution in [1.82, 2.24) is 10.1 Å². The zero-order chi connectivity index (χ0) is 28.4. The van der Waals surface area contributed by atoms with Crippen LogP contribution in [0.25, 0.3) is 0 Å². The van der Waals surface area contributed by atoms with E-state index >= 15 is 0 Å². The van der Waals surface area contributed by atoms with E-state index in [1.807, 2.05) is 6.08 Å². The second kappa shape index (κ2) is 18.6. The minimum Gasteiger partial charge on any atom is -0.479 e. The van der Waals surface area contributed by atoms with Crippen molar-refractivity contribution in [2.75, 3.05) is 40.0 Å². The first-order chi connectivity index (χ1) is 18.2. The maximum Gasteiger partial charge on any atom is 0.411 e. The average molecular weight is 544 g/mol. The van der Waals surface area contributed by atoms with E-state index in [2.05, 4.69) is 34.9 Å². The summed E-state index contributed by atoms with van der Waals surface area (Å²) in [5, 5.41) is 3.48. The largest absolute Gasteiger partial charge is 0.479 e. The Kier molecular flexibility index (Phi) is 16.4. The Hall–Kier alpha value is -2.59. The molecule has 10 heteroatoms. The van der Waals surface area contributed by atoms with E-state index in [0.717, 1.165) is 31.8 Å². The maximum atomic E-state index is 12.0. The highest BCUT2D eigenvalue weighted by molar-refractivity contribution is 5.75. The quantitative estimate of drug-likeness (QED) is 0.287. The van der Waals surface area contributed by atoms with E-state index in [1.165, 1.54) is 69.4 Å². The molecule has 0 spiro atoms. The molecule has 2 aliphatic rings. The van der Waals surface area contributed by atoms with Crippen LogP contribution in [-0.2, 0) is 16.0 Å². The minimum absolute atomic E-state index is 0.0156. The molecule has 1 aromatic heterocycles. The van der Waals surface area contributed by atoms with Crippen molar-refractivity contribution in [3.05, 3.63) is 48.3 Å². The SMILES string of the molecule is C=C.CC1=C(/C=C\COCC(F)(F)F)CCN(CCC2CCCCC2)CC1.COc1cc(CC(N)=O)on1. The number of amides is 1. The first kappa shape index (κ1) is 33.4. The molecule has 0 atom stereocenters. The molecule has 1 aliphatic carbocycles. The van der Waals surface area contributed by atoms with Crippen LogP contribution in [-0.4, -0.2) is 62.1 Å². The Balaban J connectivity index is 0.000000463. The van der Waals surface area contributed by atoms with E-state index in [0.29, 0.717) is 11.6 Å². The van der Waals surface area contributed by atoms with Gasteiger partial charge in [0.2, 0.25) is 5.91 Å². The number of carbonyl (C=O) groups excluding carboxylic acids is 1. The van der Waals surface area contributed by atoms with E-state index in [1.54, 1.807) is 6.08 Å². The third kappa shape index (κ3) is 15.0. The van der Waals surface area contributed by atoms with Gasteiger partial charge >= 0.3 is 6.18 Å². The molecule has 0 bridgehead atoms. The second-order valence-electron chi connectivity index (χ2n) is 9.45. The Morgan fingerprint density at radius 1 is 1.24 bits per heavy atom. The number of methoxy groups -OCH3 is 1. The van der Waals surface area contributed by atoms with Crippen LogP contribution < -0.4 is 10.5 Å². The molecule has 1 amide bonds. The molecule has 1 aromatic rings. The number of rotatable bonds is 10. The van der Waals surface area contributed by atoms with E-state index in [4.69, 9.17) is 15.0 Å². The molecule has 7 nitrogen and oxygen atoms in total. The van der Waals surface area contributed by atoms with Crippen molar-refractivity contribution >= 4 is 5.91 Å². The summed E-state index contributed by atoms with van der Waals surface area (Å²) in [6, 6.07) is 1.52. The molecule has 0 unspecified atom stereocenters. The van der Waals surface area contributed by atoms with Crippen molar-refractivity contribution < 1.29 is 32.0 Å². The monoisotopic (exact) mass is 543 g/mol. The highest BCUT2D eigenvalue weighted by Gasteiger charge is 2.27. The van der Waals surface area contributed by atoms with Crippen LogP contribution in [0.5, 0.6) is 5.88 Å². The van der Waals surface area contributed by atoms with Crippen LogP contribution in [0.2, 0.25) is 0 Å². The number of nitrogens with two attached hydrogens (primary N) is 1. The van der Waals surface area contributed by atoms with Crippen LogP contribution in [0.1, 0.15) is 64.1 Å². The van der Waals surface area contributed by atoms with Gasteiger partial charge in [0.15, 0.2) is 0 Å². The van der Waals surface area contributed by atoms with Crippen LogP contribution in [0.15, 0.2) is 47.0 Å². The maximum absolute atomic E-state index is 12.0. The normalized spacial score (nSPS) is 17.3. The first-order valence-electron chi connectivity index (χ1n) is 13.2. The number of carbonyl (C=O) groups is 1. The van der Waals surface area contributed by atoms with Gasteiger partial charge in [0.1, 0.15) is 12.4 Å². The molecule has 0 aromatic carbocycles. The zero-order valence-corrected chi connectivity index (χ0v) is 22.9. The van der Waals surface area contributed by atoms with Gasteiger partial charge in [-0.3, -0.25) is 4.79 Å². The number of halogens is 3. The predicted molar refractivity (Wildman–Crippen MR) is 143 cm³/mol. The molecule has 3 rings (SSSR count). The molecule has 2 heterocycles. The standard InChI is InChI=1S/C20H32F3NO.C6H8N2O3.C2H4/c1-17-9-12-24(13-10-18-6-3-2-4-7-18)14-11-19(17)8-5-15-25-16-20(21,22)23;1-10-6-3-4(11-8-6)2-5(7)9;1-2/h5,8,18H,2-4,6-7,9-16H2,1H3;3H,2H2,1H3,(H2,7,9);1-2H2/b8-5-;;. The van der Waals surface area contributed by atoms with Crippen molar-refractivity contribution in [2.24, 2.45) is 11.7 Å². The summed E-state index contributed by atoms with van der Waals surface area (Å²) in [7, 11) is 1.46. The molecule has 2 N–H and O–H groups in total. The van der Waals surface area contributed by atoms with Crippen molar-refractivity contribution in [2.45, 2.75) is 70.9 Å². The van der Waals surface area contributed by atoms with Gasteiger partial charge < -0.3 is 24.6 Å². The summed E-state index contributed by atoms with van der Waals surface area (Å²) < 4.78 is 50.2. The van der Waals surface area contributed by atoms with Gasteiger partial charge in [-0.2, -0.15) is 13.2 Å². The fourth-order valence-electron chi connectivity index (χ4n) is 4.46. The van der Waals surface area contributed by atoms with Crippen molar-refractivity contribution in [3.8, 4) is 5.88 Å². The molecular weight excluding hydrogens is 499 g/mol. The zero-order valence-electron chi connectivity index (χ0n) is 22.9. The average Bonchev–Trinajstić information content (AvgIpc) is 3.26. The smallest absolute Gasteiger partial charge is 0.411 e. The highest BCUT2D eigenvalue weighted by atomic mass is 19.4. The first-order valence-corrected chi connectivity index (χ1v) is 13.2. The molecule has 1 fully saturated rings. The minimum atomic E-state index is -4.25. The van der Waals surface area contributed by atoms with Crippen LogP contribution in [0.4, 0.5) is 13.2 Å². The third-order valence-corrected chi connectivity index (χ3v) is 6.52. The second-order valence-corrected chi connectivity index (χ2v) is 9.45. The lowest BCUT2D eigenvalue weighted by Gasteiger charge is -2.26. The molecule has 0 saturated heterocycles. The summed E-state index contributed by atoms with van der Waals surface area (Å²) in [5.74, 6) is 1.22. The number of hydrogen-bond acceptors (Lipinski definition) is 6. The number of allylic oxidation sites excluding steroid dienone is 1.